The fourth-order valence-electron chi connectivity index (χ4n) is 1.76. The maximum Gasteiger partial charge on any atom is 0.808 e. The van der Waals surface area contributed by atoms with E-state index in [0.717, 1.165) is 18.2 Å². The number of carbonyl (C=O) groups is 1. The van der Waals surface area contributed by atoms with Crippen molar-refractivity contribution in [1.82, 2.24) is 0 Å². The summed E-state index contributed by atoms with van der Waals surface area (Å²) in [5.41, 5.74) is -0.981. The SMILES string of the molecule is CS(=O)(=O)Oc1cc(C(=O)O[P+](=O)Oc2ccccc2I)ccc1[N+](=O)[O-]. The van der Waals surface area contributed by atoms with Crippen LogP contribution in [0, 0.1) is 13.7 Å². The van der Waals surface area contributed by atoms with E-state index in [1.165, 1.54) is 6.07 Å². The highest BCUT2D eigenvalue weighted by Gasteiger charge is 2.31. The number of halogens is 1. The summed E-state index contributed by atoms with van der Waals surface area (Å²) in [6, 6.07) is 9.24. The Hall–Kier alpha value is -2.31. The lowest BCUT2D eigenvalue weighted by Gasteiger charge is -2.04. The molecule has 1 unspecified atom stereocenters. The third-order valence-corrected chi connectivity index (χ3v) is 4.83. The van der Waals surface area contributed by atoms with Crippen molar-refractivity contribution in [2.75, 3.05) is 6.26 Å². The largest absolute Gasteiger partial charge is 0.808 e. The number of rotatable bonds is 7. The molecule has 27 heavy (non-hydrogen) atoms. The molecule has 2 rings (SSSR count). The molecule has 0 saturated carbocycles. The van der Waals surface area contributed by atoms with E-state index in [0.29, 0.717) is 9.83 Å². The van der Waals surface area contributed by atoms with Crippen molar-refractivity contribution < 1.29 is 35.9 Å². The lowest BCUT2D eigenvalue weighted by atomic mass is 10.2. The zero-order valence-corrected chi connectivity index (χ0v) is 17.3. The first-order valence-electron chi connectivity index (χ1n) is 6.87. The van der Waals surface area contributed by atoms with Crippen molar-refractivity contribution in [3.63, 3.8) is 0 Å². The Kier molecular flexibility index (Phi) is 6.68. The quantitative estimate of drug-likeness (QED) is 0.175. The molecule has 0 N–H and O–H groups in total. The van der Waals surface area contributed by atoms with Gasteiger partial charge in [-0.15, -0.1) is 0 Å². The fourth-order valence-corrected chi connectivity index (χ4v) is 3.49. The van der Waals surface area contributed by atoms with E-state index in [-0.39, 0.29) is 11.3 Å². The van der Waals surface area contributed by atoms with Crippen LogP contribution in [0.1, 0.15) is 10.4 Å². The normalized spacial score (nSPS) is 11.4. The van der Waals surface area contributed by atoms with Crippen molar-refractivity contribution in [2.24, 2.45) is 0 Å². The minimum absolute atomic E-state index is 0.233. The highest BCUT2D eigenvalue weighted by atomic mass is 127. The second-order valence-corrected chi connectivity index (χ2v) is 8.40. The van der Waals surface area contributed by atoms with Crippen LogP contribution in [0.5, 0.6) is 11.5 Å². The molecular weight excluding hydrogens is 516 g/mol. The maximum atomic E-state index is 12.1. The lowest BCUT2D eigenvalue weighted by molar-refractivity contribution is -0.385. The zero-order valence-electron chi connectivity index (χ0n) is 13.4. The van der Waals surface area contributed by atoms with Crippen LogP contribution in [-0.4, -0.2) is 25.6 Å². The summed E-state index contributed by atoms with van der Waals surface area (Å²) in [5, 5.41) is 10.9. The van der Waals surface area contributed by atoms with Crippen LogP contribution < -0.4 is 8.71 Å². The highest BCUT2D eigenvalue weighted by Crippen LogP contribution is 2.34. The van der Waals surface area contributed by atoms with Gasteiger partial charge >= 0.3 is 30.0 Å². The summed E-state index contributed by atoms with van der Waals surface area (Å²) in [5.74, 6) is -1.59. The molecule has 10 nitrogen and oxygen atoms in total. The molecule has 0 bridgehead atoms. The average molecular weight is 526 g/mol. The highest BCUT2D eigenvalue weighted by molar-refractivity contribution is 14.1. The fraction of sp³-hybridized carbons (Fsp3) is 0.0714. The molecule has 0 fully saturated rings. The van der Waals surface area contributed by atoms with Crippen molar-refractivity contribution in [1.29, 1.82) is 0 Å². The van der Waals surface area contributed by atoms with Crippen LogP contribution in [0.4, 0.5) is 5.69 Å². The topological polar surface area (TPSA) is 139 Å². The Morgan fingerprint density at radius 1 is 1.19 bits per heavy atom. The summed E-state index contributed by atoms with van der Waals surface area (Å²) in [7, 11) is -6.97. The van der Waals surface area contributed by atoms with Crippen LogP contribution in [-0.2, 0) is 19.2 Å². The Bertz CT molecular complexity index is 1020. The van der Waals surface area contributed by atoms with Gasteiger partial charge in [0.25, 0.3) is 0 Å². The Balaban J connectivity index is 2.20. The molecule has 0 aliphatic heterocycles. The molecule has 0 aromatic heterocycles. The van der Waals surface area contributed by atoms with Gasteiger partial charge in [0.2, 0.25) is 11.5 Å². The summed E-state index contributed by atoms with van der Waals surface area (Å²) in [4.78, 5) is 22.1. The van der Waals surface area contributed by atoms with Gasteiger partial charge in [-0.25, -0.2) is 9.32 Å². The van der Waals surface area contributed by atoms with Gasteiger partial charge in [-0.05, 0) is 40.8 Å². The monoisotopic (exact) mass is 526 g/mol. The summed E-state index contributed by atoms with van der Waals surface area (Å²) < 4.78 is 49.2. The van der Waals surface area contributed by atoms with E-state index in [1.807, 2.05) is 22.6 Å². The van der Waals surface area contributed by atoms with E-state index < -0.39 is 40.7 Å². The van der Waals surface area contributed by atoms with Gasteiger partial charge < -0.3 is 4.18 Å². The van der Waals surface area contributed by atoms with Crippen LogP contribution in [0.2, 0.25) is 0 Å². The Morgan fingerprint density at radius 3 is 2.44 bits per heavy atom. The third-order valence-electron chi connectivity index (χ3n) is 2.80. The Morgan fingerprint density at radius 2 is 1.85 bits per heavy atom. The number of hydrogen-bond acceptors (Lipinski definition) is 9. The van der Waals surface area contributed by atoms with Crippen LogP contribution in [0.15, 0.2) is 42.5 Å². The molecule has 0 heterocycles. The number of nitrogens with zero attached hydrogens (tertiary/aromatic N) is 1. The average Bonchev–Trinajstić information content (AvgIpc) is 2.55. The second-order valence-electron chi connectivity index (χ2n) is 4.85. The van der Waals surface area contributed by atoms with Gasteiger partial charge in [-0.2, -0.15) is 12.9 Å². The molecule has 2 aromatic carbocycles. The molecular formula is C14H10INO9PS+. The Labute approximate surface area is 167 Å². The standard InChI is InChI=1S/C14H10INO9PS/c1-27(21,22)25-13-8-9(6-7-11(13)16(18)19)14(17)24-26(20)23-12-5-3-2-4-10(12)15/h2-8H,1H3/q+1. The molecule has 0 radical (unpaired) electrons. The second kappa shape index (κ2) is 8.59. The molecule has 0 saturated heterocycles. The number of para-hydroxylation sites is 1. The number of hydrogen-bond donors (Lipinski definition) is 0. The minimum Gasteiger partial charge on any atom is -0.375 e. The van der Waals surface area contributed by atoms with Gasteiger partial charge in [0.15, 0.2) is 0 Å². The first-order valence-corrected chi connectivity index (χ1v) is 10.9. The molecule has 0 amide bonds. The van der Waals surface area contributed by atoms with Crippen LogP contribution in [0.3, 0.4) is 0 Å². The number of nitro groups is 1. The molecule has 1 atom stereocenters. The predicted octanol–water partition coefficient (Wildman–Crippen LogP) is 3.43. The van der Waals surface area contributed by atoms with Crippen molar-refractivity contribution in [2.45, 2.75) is 0 Å². The number of carbonyl (C=O) groups excluding carboxylic acids is 1. The van der Waals surface area contributed by atoms with E-state index >= 15 is 0 Å². The van der Waals surface area contributed by atoms with Gasteiger partial charge in [-0.3, -0.25) is 10.1 Å². The molecule has 142 valence electrons. The van der Waals surface area contributed by atoms with Gasteiger partial charge in [0.05, 0.1) is 20.3 Å². The van der Waals surface area contributed by atoms with Gasteiger partial charge in [0.1, 0.15) is 0 Å². The van der Waals surface area contributed by atoms with Crippen molar-refractivity contribution in [3.8, 4) is 11.5 Å². The minimum atomic E-state index is -4.08. The van der Waals surface area contributed by atoms with E-state index in [1.54, 1.807) is 18.2 Å². The van der Waals surface area contributed by atoms with Crippen molar-refractivity contribution in [3.05, 3.63) is 61.7 Å². The first-order chi connectivity index (χ1) is 12.6. The molecule has 0 spiro atoms. The smallest absolute Gasteiger partial charge is 0.375 e. The van der Waals surface area contributed by atoms with Gasteiger partial charge in [0, 0.05) is 16.7 Å². The molecule has 2 aromatic rings. The van der Waals surface area contributed by atoms with E-state index in [9.17, 15) is 27.9 Å². The summed E-state index contributed by atoms with van der Waals surface area (Å²) >= 11 is 1.93. The van der Waals surface area contributed by atoms with E-state index in [4.69, 9.17) is 4.52 Å². The maximum absolute atomic E-state index is 12.1. The van der Waals surface area contributed by atoms with Crippen LogP contribution >= 0.6 is 30.8 Å². The summed E-state index contributed by atoms with van der Waals surface area (Å²) in [6.07, 6.45) is 0.688. The van der Waals surface area contributed by atoms with Crippen LogP contribution in [0.25, 0.3) is 0 Å². The predicted molar refractivity (Wildman–Crippen MR) is 101 cm³/mol. The molecule has 13 heteroatoms. The van der Waals surface area contributed by atoms with Gasteiger partial charge in [-0.1, -0.05) is 12.1 Å². The third kappa shape index (κ3) is 6.12. The zero-order chi connectivity index (χ0) is 20.2. The first kappa shape index (κ1) is 21.0. The molecule has 0 aliphatic carbocycles. The lowest BCUT2D eigenvalue weighted by Crippen LogP contribution is -2.09. The number of benzene rings is 2. The summed E-state index contributed by atoms with van der Waals surface area (Å²) in [6.45, 7) is 0. The van der Waals surface area contributed by atoms with E-state index in [2.05, 4.69) is 8.71 Å². The van der Waals surface area contributed by atoms with Crippen molar-refractivity contribution >= 4 is 52.6 Å². The number of nitro benzene ring substituents is 1. The molecule has 0 aliphatic rings.